The van der Waals surface area contributed by atoms with E-state index in [1.54, 1.807) is 6.07 Å². The lowest BCUT2D eigenvalue weighted by Gasteiger charge is -2.13. The molecule has 0 fully saturated rings. The Kier molecular flexibility index (Phi) is 5.42. The topological polar surface area (TPSA) is 95.5 Å². The maximum Gasteiger partial charge on any atom is 0.414 e. The SMILES string of the molecule is C=C(OCC)c1cnc(OC(=O)NCc2c(F)ccc3c2CCO3)c2cnncc12. The number of fused-ring (bicyclic) bond motifs is 2. The van der Waals surface area contributed by atoms with E-state index in [1.807, 2.05) is 6.92 Å². The monoisotopic (exact) mass is 410 g/mol. The second kappa shape index (κ2) is 8.32. The molecule has 0 spiro atoms. The van der Waals surface area contributed by atoms with Gasteiger partial charge in [0, 0.05) is 41.2 Å². The summed E-state index contributed by atoms with van der Waals surface area (Å²) in [5.41, 5.74) is 1.76. The molecule has 0 saturated carbocycles. The largest absolute Gasteiger partial charge is 0.494 e. The quantitative estimate of drug-likeness (QED) is 0.622. The van der Waals surface area contributed by atoms with Gasteiger partial charge in [-0.25, -0.2) is 14.2 Å². The summed E-state index contributed by atoms with van der Waals surface area (Å²) in [7, 11) is 0. The zero-order valence-electron chi connectivity index (χ0n) is 16.3. The number of carbonyl (C=O) groups excluding carboxylic acids is 1. The number of halogens is 1. The van der Waals surface area contributed by atoms with E-state index in [9.17, 15) is 9.18 Å². The van der Waals surface area contributed by atoms with Gasteiger partial charge in [0.05, 0.1) is 31.0 Å². The number of benzene rings is 1. The number of hydrogen-bond donors (Lipinski definition) is 1. The predicted octanol–water partition coefficient (Wildman–Crippen LogP) is 3.39. The summed E-state index contributed by atoms with van der Waals surface area (Å²) in [6.07, 6.45) is 4.27. The van der Waals surface area contributed by atoms with Gasteiger partial charge in [-0.15, -0.1) is 0 Å². The second-order valence-corrected chi connectivity index (χ2v) is 6.49. The molecule has 0 radical (unpaired) electrons. The highest BCUT2D eigenvalue weighted by molar-refractivity contribution is 5.94. The fourth-order valence-corrected chi connectivity index (χ4v) is 3.31. The van der Waals surface area contributed by atoms with Crippen molar-refractivity contribution >= 4 is 22.6 Å². The molecule has 0 aliphatic carbocycles. The molecule has 1 N–H and O–H groups in total. The van der Waals surface area contributed by atoms with E-state index in [0.29, 0.717) is 53.0 Å². The molecular formula is C21H19FN4O4. The van der Waals surface area contributed by atoms with Gasteiger partial charge >= 0.3 is 6.09 Å². The molecule has 1 amide bonds. The van der Waals surface area contributed by atoms with Crippen LogP contribution in [0.5, 0.6) is 11.6 Å². The number of hydrogen-bond acceptors (Lipinski definition) is 7. The Morgan fingerprint density at radius 2 is 2.07 bits per heavy atom. The fourth-order valence-electron chi connectivity index (χ4n) is 3.31. The van der Waals surface area contributed by atoms with E-state index in [1.165, 1.54) is 24.7 Å². The van der Waals surface area contributed by atoms with Crippen molar-refractivity contribution in [3.8, 4) is 11.6 Å². The van der Waals surface area contributed by atoms with Crippen molar-refractivity contribution in [3.63, 3.8) is 0 Å². The van der Waals surface area contributed by atoms with Crippen LogP contribution in [0.3, 0.4) is 0 Å². The number of nitrogens with one attached hydrogen (secondary N) is 1. The van der Waals surface area contributed by atoms with Crippen LogP contribution in [0, 0.1) is 5.82 Å². The first-order valence-corrected chi connectivity index (χ1v) is 9.38. The Morgan fingerprint density at radius 3 is 2.87 bits per heavy atom. The molecule has 3 aromatic rings. The smallest absolute Gasteiger partial charge is 0.414 e. The van der Waals surface area contributed by atoms with E-state index >= 15 is 0 Å². The Balaban J connectivity index is 1.53. The normalized spacial score (nSPS) is 12.2. The van der Waals surface area contributed by atoms with Crippen LogP contribution < -0.4 is 14.8 Å². The van der Waals surface area contributed by atoms with Crippen LogP contribution in [-0.4, -0.2) is 34.5 Å². The number of nitrogens with zero attached hydrogens (tertiary/aromatic N) is 3. The fraction of sp³-hybridized carbons (Fsp3) is 0.238. The van der Waals surface area contributed by atoms with Gasteiger partial charge in [-0.2, -0.15) is 10.2 Å². The zero-order chi connectivity index (χ0) is 21.1. The van der Waals surface area contributed by atoms with Gasteiger partial charge in [-0.1, -0.05) is 6.58 Å². The maximum atomic E-state index is 14.2. The van der Waals surface area contributed by atoms with Crippen LogP contribution in [0.25, 0.3) is 16.5 Å². The van der Waals surface area contributed by atoms with Crippen molar-refractivity contribution in [2.24, 2.45) is 0 Å². The third kappa shape index (κ3) is 3.73. The second-order valence-electron chi connectivity index (χ2n) is 6.49. The van der Waals surface area contributed by atoms with Crippen LogP contribution in [0.4, 0.5) is 9.18 Å². The number of pyridine rings is 1. The predicted molar refractivity (Wildman–Crippen MR) is 106 cm³/mol. The molecule has 1 aliphatic heterocycles. The minimum absolute atomic E-state index is 0.0336. The molecule has 8 nitrogen and oxygen atoms in total. The molecule has 1 aromatic carbocycles. The minimum Gasteiger partial charge on any atom is -0.494 e. The number of aromatic nitrogens is 3. The zero-order valence-corrected chi connectivity index (χ0v) is 16.3. The van der Waals surface area contributed by atoms with Crippen LogP contribution in [0.15, 0.2) is 37.3 Å². The van der Waals surface area contributed by atoms with Crippen LogP contribution in [0.2, 0.25) is 0 Å². The first-order chi connectivity index (χ1) is 14.6. The molecule has 2 aromatic heterocycles. The van der Waals surface area contributed by atoms with Crippen molar-refractivity contribution in [3.05, 3.63) is 59.8 Å². The average molecular weight is 410 g/mol. The maximum absolute atomic E-state index is 14.2. The number of amides is 1. The summed E-state index contributed by atoms with van der Waals surface area (Å²) in [5.74, 6) is 0.706. The van der Waals surface area contributed by atoms with E-state index in [4.69, 9.17) is 14.2 Å². The number of carbonyl (C=O) groups is 1. The third-order valence-corrected chi connectivity index (χ3v) is 4.72. The first kappa shape index (κ1) is 19.6. The minimum atomic E-state index is -0.770. The van der Waals surface area contributed by atoms with Gasteiger partial charge in [0.1, 0.15) is 17.3 Å². The summed E-state index contributed by atoms with van der Waals surface area (Å²) < 4.78 is 30.5. The first-order valence-electron chi connectivity index (χ1n) is 9.38. The lowest BCUT2D eigenvalue weighted by molar-refractivity contribution is 0.198. The van der Waals surface area contributed by atoms with Gasteiger partial charge in [0.2, 0.25) is 5.88 Å². The molecular weight excluding hydrogens is 391 g/mol. The summed E-state index contributed by atoms with van der Waals surface area (Å²) in [5, 5.41) is 11.4. The highest BCUT2D eigenvalue weighted by Crippen LogP contribution is 2.31. The van der Waals surface area contributed by atoms with Gasteiger partial charge in [-0.3, -0.25) is 0 Å². The third-order valence-electron chi connectivity index (χ3n) is 4.72. The molecule has 0 unspecified atom stereocenters. The average Bonchev–Trinajstić information content (AvgIpc) is 3.22. The molecule has 0 atom stereocenters. The van der Waals surface area contributed by atoms with Crippen molar-refractivity contribution in [1.29, 1.82) is 0 Å². The van der Waals surface area contributed by atoms with Crippen molar-refractivity contribution < 1.29 is 23.4 Å². The van der Waals surface area contributed by atoms with E-state index in [2.05, 4.69) is 27.1 Å². The molecule has 154 valence electrons. The van der Waals surface area contributed by atoms with Crippen LogP contribution >= 0.6 is 0 Å². The van der Waals surface area contributed by atoms with Crippen molar-refractivity contribution in [1.82, 2.24) is 20.5 Å². The summed E-state index contributed by atoms with van der Waals surface area (Å²) in [4.78, 5) is 16.6. The Bertz CT molecular complexity index is 1140. The van der Waals surface area contributed by atoms with Crippen LogP contribution in [-0.2, 0) is 17.7 Å². The van der Waals surface area contributed by atoms with Gasteiger partial charge in [-0.05, 0) is 19.1 Å². The Labute approximate surface area is 171 Å². The van der Waals surface area contributed by atoms with Gasteiger partial charge in [0.25, 0.3) is 0 Å². The molecule has 0 bridgehead atoms. The standard InChI is InChI=1S/C21H19FN4O4/c1-3-28-12(2)14-8-23-20(17-11-26-25-10-15(14)17)30-21(27)24-9-16-13-6-7-29-19(13)5-4-18(16)22/h4-5,8,10-11H,2-3,6-7,9H2,1H3,(H,24,27). The van der Waals surface area contributed by atoms with Crippen LogP contribution in [0.1, 0.15) is 23.6 Å². The van der Waals surface area contributed by atoms with Crippen molar-refractivity contribution in [2.45, 2.75) is 19.9 Å². The molecule has 4 rings (SSSR count). The molecule has 1 aliphatic rings. The lowest BCUT2D eigenvalue weighted by Crippen LogP contribution is -2.27. The van der Waals surface area contributed by atoms with Crippen molar-refractivity contribution in [2.75, 3.05) is 13.2 Å². The van der Waals surface area contributed by atoms with E-state index < -0.39 is 11.9 Å². The molecule has 9 heteroatoms. The van der Waals surface area contributed by atoms with E-state index in [-0.39, 0.29) is 12.4 Å². The molecule has 3 heterocycles. The number of ether oxygens (including phenoxy) is 3. The molecule has 0 saturated heterocycles. The summed E-state index contributed by atoms with van der Waals surface area (Å²) >= 11 is 0. The van der Waals surface area contributed by atoms with E-state index in [0.717, 1.165) is 5.56 Å². The van der Waals surface area contributed by atoms with Gasteiger partial charge < -0.3 is 19.5 Å². The lowest BCUT2D eigenvalue weighted by atomic mass is 10.0. The Hall–Kier alpha value is -3.75. The highest BCUT2D eigenvalue weighted by Gasteiger charge is 2.21. The van der Waals surface area contributed by atoms with Gasteiger partial charge in [0.15, 0.2) is 0 Å². The molecule has 30 heavy (non-hydrogen) atoms. The number of rotatable bonds is 6. The summed E-state index contributed by atoms with van der Waals surface area (Å²) in [6, 6.07) is 2.92. The Morgan fingerprint density at radius 1 is 1.27 bits per heavy atom. The summed E-state index contributed by atoms with van der Waals surface area (Å²) in [6.45, 7) is 6.63. The highest BCUT2D eigenvalue weighted by atomic mass is 19.1.